The van der Waals surface area contributed by atoms with Crippen molar-refractivity contribution in [1.29, 1.82) is 0 Å². The van der Waals surface area contributed by atoms with Gasteiger partial charge in [0.2, 0.25) is 22.7 Å². The molecule has 10 heteroatoms. The largest absolute Gasteiger partial charge is 0.454 e. The van der Waals surface area contributed by atoms with E-state index in [-0.39, 0.29) is 24.0 Å². The Morgan fingerprint density at radius 3 is 2.54 bits per heavy atom. The molecule has 0 fully saturated rings. The molecule has 1 aliphatic rings. The van der Waals surface area contributed by atoms with Crippen LogP contribution >= 0.6 is 23.2 Å². The molecule has 0 aromatic heterocycles. The summed E-state index contributed by atoms with van der Waals surface area (Å²) in [6.45, 7) is 1.87. The number of hydrogen-bond acceptors (Lipinski definition) is 5. The van der Waals surface area contributed by atoms with Gasteiger partial charge in [0.1, 0.15) is 6.04 Å². The number of benzene rings is 2. The lowest BCUT2D eigenvalue weighted by Gasteiger charge is -2.28. The predicted molar refractivity (Wildman–Crippen MR) is 108 cm³/mol. The van der Waals surface area contributed by atoms with E-state index >= 15 is 0 Å². The third kappa shape index (κ3) is 4.45. The first kappa shape index (κ1) is 20.6. The Balaban J connectivity index is 1.75. The van der Waals surface area contributed by atoms with Gasteiger partial charge in [0, 0.05) is 6.54 Å². The minimum absolute atomic E-state index is 0.162. The minimum Gasteiger partial charge on any atom is -0.454 e. The summed E-state index contributed by atoms with van der Waals surface area (Å²) in [5.74, 6) is 0.786. The van der Waals surface area contributed by atoms with E-state index in [0.29, 0.717) is 16.5 Å². The van der Waals surface area contributed by atoms with Crippen LogP contribution in [0.3, 0.4) is 0 Å². The van der Waals surface area contributed by atoms with Crippen LogP contribution in [-0.2, 0) is 21.4 Å². The van der Waals surface area contributed by atoms with Crippen LogP contribution in [0.25, 0.3) is 0 Å². The molecule has 28 heavy (non-hydrogen) atoms. The van der Waals surface area contributed by atoms with E-state index in [1.807, 2.05) is 0 Å². The average Bonchev–Trinajstić information content (AvgIpc) is 3.09. The van der Waals surface area contributed by atoms with Crippen LogP contribution in [0.2, 0.25) is 10.0 Å². The lowest BCUT2D eigenvalue weighted by molar-refractivity contribution is -0.122. The molecule has 0 bridgehead atoms. The molecule has 1 atom stereocenters. The molecule has 0 saturated carbocycles. The molecule has 1 aliphatic heterocycles. The van der Waals surface area contributed by atoms with Gasteiger partial charge in [0.15, 0.2) is 11.5 Å². The SMILES string of the molecule is CC(C(=O)NCc1ccc2c(c1)OCO2)N(c1ccc(Cl)c(Cl)c1)S(C)(=O)=O. The number of amides is 1. The molecule has 7 nitrogen and oxygen atoms in total. The Labute approximate surface area is 173 Å². The molecule has 2 aromatic rings. The van der Waals surface area contributed by atoms with Crippen LogP contribution in [0, 0.1) is 0 Å². The van der Waals surface area contributed by atoms with Gasteiger partial charge in [-0.1, -0.05) is 29.3 Å². The molecule has 150 valence electrons. The van der Waals surface area contributed by atoms with Crippen molar-refractivity contribution in [3.05, 3.63) is 52.0 Å². The second kappa shape index (κ2) is 8.06. The summed E-state index contributed by atoms with van der Waals surface area (Å²) in [6, 6.07) is 8.71. The Kier molecular flexibility index (Phi) is 5.92. The van der Waals surface area contributed by atoms with Crippen LogP contribution in [0.5, 0.6) is 11.5 Å². The number of carbonyl (C=O) groups excluding carboxylic acids is 1. The quantitative estimate of drug-likeness (QED) is 0.739. The molecule has 2 aromatic carbocycles. The van der Waals surface area contributed by atoms with Crippen LogP contribution in [0.15, 0.2) is 36.4 Å². The second-order valence-corrected chi connectivity index (χ2v) is 8.91. The van der Waals surface area contributed by atoms with E-state index in [1.165, 1.54) is 25.1 Å². The van der Waals surface area contributed by atoms with Crippen LogP contribution < -0.4 is 19.1 Å². The number of ether oxygens (including phenoxy) is 2. The molecule has 1 heterocycles. The van der Waals surface area contributed by atoms with Crippen molar-refractivity contribution in [2.24, 2.45) is 0 Å². The fraction of sp³-hybridized carbons (Fsp3) is 0.278. The first-order valence-corrected chi connectivity index (χ1v) is 10.9. The summed E-state index contributed by atoms with van der Waals surface area (Å²) < 4.78 is 36.2. The zero-order valence-electron chi connectivity index (χ0n) is 15.1. The van der Waals surface area contributed by atoms with Crippen molar-refractivity contribution >= 4 is 44.8 Å². The number of carbonyl (C=O) groups is 1. The van der Waals surface area contributed by atoms with E-state index in [0.717, 1.165) is 16.1 Å². The maximum Gasteiger partial charge on any atom is 0.243 e. The van der Waals surface area contributed by atoms with Gasteiger partial charge in [-0.05, 0) is 42.8 Å². The maximum absolute atomic E-state index is 12.6. The second-order valence-electron chi connectivity index (χ2n) is 6.24. The maximum atomic E-state index is 12.6. The zero-order valence-corrected chi connectivity index (χ0v) is 17.4. The van der Waals surface area contributed by atoms with E-state index in [4.69, 9.17) is 32.7 Å². The number of halogens is 2. The lowest BCUT2D eigenvalue weighted by Crippen LogP contribution is -2.47. The zero-order chi connectivity index (χ0) is 20.5. The van der Waals surface area contributed by atoms with Gasteiger partial charge in [0.25, 0.3) is 0 Å². The Morgan fingerprint density at radius 1 is 1.14 bits per heavy atom. The topological polar surface area (TPSA) is 84.9 Å². The van der Waals surface area contributed by atoms with E-state index in [2.05, 4.69) is 5.32 Å². The predicted octanol–water partition coefficient (Wildman–Crippen LogP) is 3.19. The number of rotatable bonds is 6. The number of nitrogens with zero attached hydrogens (tertiary/aromatic N) is 1. The lowest BCUT2D eigenvalue weighted by atomic mass is 10.2. The molecular weight excluding hydrogens is 427 g/mol. The Morgan fingerprint density at radius 2 is 1.86 bits per heavy atom. The number of sulfonamides is 1. The van der Waals surface area contributed by atoms with Crippen molar-refractivity contribution in [3.8, 4) is 11.5 Å². The third-order valence-corrected chi connectivity index (χ3v) is 6.13. The summed E-state index contributed by atoms with van der Waals surface area (Å²) in [7, 11) is -3.75. The van der Waals surface area contributed by atoms with Gasteiger partial charge in [-0.3, -0.25) is 9.10 Å². The number of hydrogen-bond donors (Lipinski definition) is 1. The number of fused-ring (bicyclic) bond motifs is 1. The van der Waals surface area contributed by atoms with Gasteiger partial charge >= 0.3 is 0 Å². The van der Waals surface area contributed by atoms with Crippen molar-refractivity contribution in [2.45, 2.75) is 19.5 Å². The van der Waals surface area contributed by atoms with Crippen molar-refractivity contribution < 1.29 is 22.7 Å². The fourth-order valence-corrected chi connectivity index (χ4v) is 4.28. The van der Waals surface area contributed by atoms with Crippen molar-refractivity contribution in [1.82, 2.24) is 5.32 Å². The fourth-order valence-electron chi connectivity index (χ4n) is 2.82. The first-order chi connectivity index (χ1) is 13.2. The van der Waals surface area contributed by atoms with Crippen LogP contribution in [0.1, 0.15) is 12.5 Å². The molecule has 1 N–H and O–H groups in total. The summed E-state index contributed by atoms with van der Waals surface area (Å²) in [5.41, 5.74) is 1.05. The molecule has 1 unspecified atom stereocenters. The molecule has 1 amide bonds. The summed E-state index contributed by atoms with van der Waals surface area (Å²) in [4.78, 5) is 12.6. The van der Waals surface area contributed by atoms with Gasteiger partial charge < -0.3 is 14.8 Å². The molecule has 0 aliphatic carbocycles. The van der Waals surface area contributed by atoms with E-state index in [1.54, 1.807) is 18.2 Å². The smallest absolute Gasteiger partial charge is 0.243 e. The van der Waals surface area contributed by atoms with Gasteiger partial charge in [-0.15, -0.1) is 0 Å². The highest BCUT2D eigenvalue weighted by Gasteiger charge is 2.29. The Bertz CT molecular complexity index is 1010. The van der Waals surface area contributed by atoms with Crippen LogP contribution in [0.4, 0.5) is 5.69 Å². The molecule has 0 spiro atoms. The van der Waals surface area contributed by atoms with Gasteiger partial charge in [-0.25, -0.2) is 8.42 Å². The molecular formula is C18H18Cl2N2O5S. The highest BCUT2D eigenvalue weighted by Crippen LogP contribution is 2.32. The third-order valence-electron chi connectivity index (χ3n) is 4.15. The average molecular weight is 445 g/mol. The summed E-state index contributed by atoms with van der Waals surface area (Å²) >= 11 is 11.9. The standard InChI is InChI=1S/C18H18Cl2N2O5S/c1-11(22(28(2,24)25)13-4-5-14(19)15(20)8-13)18(23)21-9-12-3-6-16-17(7-12)27-10-26-16/h3-8,11H,9-10H2,1-2H3,(H,21,23). The van der Waals surface area contributed by atoms with E-state index < -0.39 is 22.0 Å². The highest BCUT2D eigenvalue weighted by atomic mass is 35.5. The number of nitrogens with one attached hydrogen (secondary N) is 1. The van der Waals surface area contributed by atoms with Gasteiger partial charge in [0.05, 0.1) is 22.0 Å². The van der Waals surface area contributed by atoms with Crippen LogP contribution in [-0.4, -0.2) is 33.4 Å². The highest BCUT2D eigenvalue weighted by molar-refractivity contribution is 7.92. The van der Waals surface area contributed by atoms with Gasteiger partial charge in [-0.2, -0.15) is 0 Å². The minimum atomic E-state index is -3.75. The molecule has 0 saturated heterocycles. The van der Waals surface area contributed by atoms with Crippen molar-refractivity contribution in [2.75, 3.05) is 17.4 Å². The number of anilines is 1. The normalized spacial score (nSPS) is 13.9. The van der Waals surface area contributed by atoms with Crippen molar-refractivity contribution in [3.63, 3.8) is 0 Å². The summed E-state index contributed by atoms with van der Waals surface area (Å²) in [6.07, 6.45) is 1.02. The summed E-state index contributed by atoms with van der Waals surface area (Å²) in [5, 5.41) is 3.22. The first-order valence-electron chi connectivity index (χ1n) is 8.27. The van der Waals surface area contributed by atoms with E-state index in [9.17, 15) is 13.2 Å². The molecule has 0 radical (unpaired) electrons. The molecule has 3 rings (SSSR count). The monoisotopic (exact) mass is 444 g/mol. The Hall–Kier alpha value is -2.16.